The van der Waals surface area contributed by atoms with Gasteiger partial charge in [0.05, 0.1) is 19.8 Å². The van der Waals surface area contributed by atoms with Gasteiger partial charge in [-0.05, 0) is 46.2 Å². The number of carbonyl (C=O) groups is 1. The topological polar surface area (TPSA) is 85.2 Å². The van der Waals surface area contributed by atoms with E-state index in [1.54, 1.807) is 16.0 Å². The molecule has 0 radical (unpaired) electrons. The van der Waals surface area contributed by atoms with Crippen molar-refractivity contribution in [2.45, 2.75) is 32.5 Å². The maximum atomic E-state index is 12.2. The van der Waals surface area contributed by atoms with Crippen LogP contribution in [0.1, 0.15) is 18.3 Å². The number of rotatable bonds is 7. The molecule has 2 aromatic heterocycles. The molecule has 1 atom stereocenters. The Hall–Kier alpha value is -1.84. The molecule has 0 aliphatic carbocycles. The number of thiophene rings is 1. The third-order valence-electron chi connectivity index (χ3n) is 3.90. The minimum absolute atomic E-state index is 0.0753. The van der Waals surface area contributed by atoms with Crippen molar-refractivity contribution in [2.75, 3.05) is 26.3 Å². The lowest BCUT2D eigenvalue weighted by Crippen LogP contribution is -2.38. The number of tetrazole rings is 1. The van der Waals surface area contributed by atoms with E-state index in [-0.39, 0.29) is 18.5 Å². The fraction of sp³-hybridized carbons (Fsp3) is 0.600. The van der Waals surface area contributed by atoms with Crippen LogP contribution >= 0.6 is 11.3 Å². The molecule has 1 aliphatic rings. The zero-order chi connectivity index (χ0) is 16.8. The first kappa shape index (κ1) is 17.0. The fourth-order valence-electron chi connectivity index (χ4n) is 2.69. The van der Waals surface area contributed by atoms with Crippen LogP contribution < -0.4 is 5.32 Å². The first-order valence-electron chi connectivity index (χ1n) is 8.06. The van der Waals surface area contributed by atoms with Gasteiger partial charge in [0, 0.05) is 19.1 Å². The van der Waals surface area contributed by atoms with Crippen molar-refractivity contribution in [3.05, 3.63) is 28.2 Å². The van der Waals surface area contributed by atoms with Crippen LogP contribution in [0, 0.1) is 0 Å². The standard InChI is InChI=1S/C15H22N6O2S/c1-12(8-13-2-7-24-11-13)16-15(22)10-21-14(17-18-19-21)9-20-3-5-23-6-4-20/h2,7,11-12H,3-6,8-10H2,1H3,(H,16,22)/t12-/m1/s1. The second-order valence-corrected chi connectivity index (χ2v) is 6.73. The molecule has 1 aliphatic heterocycles. The smallest absolute Gasteiger partial charge is 0.242 e. The lowest BCUT2D eigenvalue weighted by molar-refractivity contribution is -0.122. The highest BCUT2D eigenvalue weighted by Crippen LogP contribution is 2.08. The summed E-state index contributed by atoms with van der Waals surface area (Å²) >= 11 is 1.67. The molecule has 9 heteroatoms. The molecule has 3 rings (SSSR count). The van der Waals surface area contributed by atoms with E-state index < -0.39 is 0 Å². The van der Waals surface area contributed by atoms with Gasteiger partial charge in [-0.25, -0.2) is 4.68 Å². The summed E-state index contributed by atoms with van der Waals surface area (Å²) in [5, 5.41) is 18.8. The van der Waals surface area contributed by atoms with Crippen LogP contribution in [0.15, 0.2) is 16.8 Å². The molecule has 1 N–H and O–H groups in total. The number of hydrogen-bond acceptors (Lipinski definition) is 7. The maximum Gasteiger partial charge on any atom is 0.242 e. The van der Waals surface area contributed by atoms with Crippen LogP contribution in [0.2, 0.25) is 0 Å². The molecule has 1 amide bonds. The molecule has 2 aromatic rings. The van der Waals surface area contributed by atoms with Crippen LogP contribution in [-0.4, -0.2) is 63.4 Å². The highest BCUT2D eigenvalue weighted by Gasteiger charge is 2.17. The van der Waals surface area contributed by atoms with E-state index >= 15 is 0 Å². The molecule has 0 aromatic carbocycles. The Bertz CT molecular complexity index is 638. The van der Waals surface area contributed by atoms with Gasteiger partial charge in [0.2, 0.25) is 5.91 Å². The number of carbonyl (C=O) groups excluding carboxylic acids is 1. The average molecular weight is 350 g/mol. The van der Waals surface area contributed by atoms with Crippen molar-refractivity contribution in [1.29, 1.82) is 0 Å². The predicted octanol–water partition coefficient (Wildman–Crippen LogP) is 0.314. The predicted molar refractivity (Wildman–Crippen MR) is 89.5 cm³/mol. The van der Waals surface area contributed by atoms with Crippen molar-refractivity contribution >= 4 is 17.2 Å². The van der Waals surface area contributed by atoms with Gasteiger partial charge in [-0.3, -0.25) is 9.69 Å². The third-order valence-corrected chi connectivity index (χ3v) is 4.63. The average Bonchev–Trinajstić information content (AvgIpc) is 3.21. The normalized spacial score (nSPS) is 16.9. The number of aromatic nitrogens is 4. The Morgan fingerprint density at radius 2 is 2.29 bits per heavy atom. The number of morpholine rings is 1. The molecule has 1 saturated heterocycles. The van der Waals surface area contributed by atoms with Crippen LogP contribution in [-0.2, 0) is 29.0 Å². The van der Waals surface area contributed by atoms with Crippen LogP contribution in [0.25, 0.3) is 0 Å². The van der Waals surface area contributed by atoms with Gasteiger partial charge in [-0.2, -0.15) is 11.3 Å². The summed E-state index contributed by atoms with van der Waals surface area (Å²) in [6, 6.07) is 2.15. The molecule has 8 nitrogen and oxygen atoms in total. The molecule has 0 unspecified atom stereocenters. The van der Waals surface area contributed by atoms with Crippen LogP contribution in [0.5, 0.6) is 0 Å². The van der Waals surface area contributed by atoms with Gasteiger partial charge in [-0.15, -0.1) is 5.10 Å². The molecule has 24 heavy (non-hydrogen) atoms. The van der Waals surface area contributed by atoms with Gasteiger partial charge < -0.3 is 10.1 Å². The minimum atomic E-state index is -0.0757. The number of nitrogens with zero attached hydrogens (tertiary/aromatic N) is 5. The SMILES string of the molecule is C[C@H](Cc1ccsc1)NC(=O)Cn1nnnc1CN1CCOCC1. The lowest BCUT2D eigenvalue weighted by atomic mass is 10.1. The molecule has 0 spiro atoms. The minimum Gasteiger partial charge on any atom is -0.379 e. The van der Waals surface area contributed by atoms with Crippen molar-refractivity contribution in [3.63, 3.8) is 0 Å². The number of amides is 1. The van der Waals surface area contributed by atoms with Gasteiger partial charge in [0.15, 0.2) is 5.82 Å². The summed E-state index contributed by atoms with van der Waals surface area (Å²) < 4.78 is 6.91. The van der Waals surface area contributed by atoms with Gasteiger partial charge in [0.1, 0.15) is 6.54 Å². The largest absolute Gasteiger partial charge is 0.379 e. The lowest BCUT2D eigenvalue weighted by Gasteiger charge is -2.25. The fourth-order valence-corrected chi connectivity index (χ4v) is 3.37. The summed E-state index contributed by atoms with van der Waals surface area (Å²) in [5.41, 5.74) is 1.24. The molecular formula is C15H22N6O2S. The van der Waals surface area contributed by atoms with Crippen LogP contribution in [0.4, 0.5) is 0 Å². The highest BCUT2D eigenvalue weighted by atomic mass is 32.1. The molecule has 130 valence electrons. The zero-order valence-corrected chi connectivity index (χ0v) is 14.5. The molecule has 1 fully saturated rings. The van der Waals surface area contributed by atoms with Crippen molar-refractivity contribution in [2.24, 2.45) is 0 Å². The van der Waals surface area contributed by atoms with Crippen molar-refractivity contribution in [1.82, 2.24) is 30.4 Å². The summed E-state index contributed by atoms with van der Waals surface area (Å²) in [6.45, 7) is 5.94. The van der Waals surface area contributed by atoms with Gasteiger partial charge in [-0.1, -0.05) is 0 Å². The number of hydrogen-bond donors (Lipinski definition) is 1. The van der Waals surface area contributed by atoms with Crippen LogP contribution in [0.3, 0.4) is 0 Å². The highest BCUT2D eigenvalue weighted by molar-refractivity contribution is 7.07. The Kier molecular flexibility index (Phi) is 5.89. The monoisotopic (exact) mass is 350 g/mol. The van der Waals surface area contributed by atoms with Crippen molar-refractivity contribution in [3.8, 4) is 0 Å². The zero-order valence-electron chi connectivity index (χ0n) is 13.7. The molecule has 0 saturated carbocycles. The second-order valence-electron chi connectivity index (χ2n) is 5.95. The van der Waals surface area contributed by atoms with Gasteiger partial charge in [0.25, 0.3) is 0 Å². The van der Waals surface area contributed by atoms with Crippen molar-refractivity contribution < 1.29 is 9.53 Å². The number of nitrogens with one attached hydrogen (secondary N) is 1. The summed E-state index contributed by atoms with van der Waals surface area (Å²) in [5.74, 6) is 0.630. The first-order valence-corrected chi connectivity index (χ1v) is 9.00. The molecular weight excluding hydrogens is 328 g/mol. The van der Waals surface area contributed by atoms with E-state index in [0.29, 0.717) is 12.4 Å². The summed E-state index contributed by atoms with van der Waals surface area (Å²) in [4.78, 5) is 14.5. The Morgan fingerprint density at radius 1 is 1.46 bits per heavy atom. The maximum absolute atomic E-state index is 12.2. The van der Waals surface area contributed by atoms with E-state index in [4.69, 9.17) is 4.74 Å². The summed E-state index contributed by atoms with van der Waals surface area (Å²) in [6.07, 6.45) is 0.825. The third kappa shape index (κ3) is 4.83. The molecule has 0 bridgehead atoms. The Labute approximate surface area is 144 Å². The number of ether oxygens (including phenoxy) is 1. The quantitative estimate of drug-likeness (QED) is 0.774. The second kappa shape index (κ2) is 8.32. The molecule has 3 heterocycles. The van der Waals surface area contributed by atoms with E-state index in [1.807, 2.05) is 12.3 Å². The first-order chi connectivity index (χ1) is 11.7. The Morgan fingerprint density at radius 3 is 3.04 bits per heavy atom. The van der Waals surface area contributed by atoms with E-state index in [9.17, 15) is 4.79 Å². The van der Waals surface area contributed by atoms with E-state index in [0.717, 1.165) is 32.7 Å². The van der Waals surface area contributed by atoms with Gasteiger partial charge >= 0.3 is 0 Å². The summed E-state index contributed by atoms with van der Waals surface area (Å²) in [7, 11) is 0. The van der Waals surface area contributed by atoms with E-state index in [1.165, 1.54) is 5.56 Å². The Balaban J connectivity index is 1.50. The van der Waals surface area contributed by atoms with E-state index in [2.05, 4.69) is 37.2 Å².